The van der Waals surface area contributed by atoms with E-state index in [0.717, 1.165) is 9.35 Å². The second-order valence-corrected chi connectivity index (χ2v) is 8.55. The number of ether oxygens (including phenoxy) is 1. The topological polar surface area (TPSA) is 63.7 Å². The van der Waals surface area contributed by atoms with Crippen LogP contribution in [0, 0.1) is 6.92 Å². The summed E-state index contributed by atoms with van der Waals surface area (Å²) in [6.07, 6.45) is 0.0507. The van der Waals surface area contributed by atoms with E-state index >= 15 is 0 Å². The number of nitrogens with zero attached hydrogens (tertiary/aromatic N) is 1. The minimum Gasteiger partial charge on any atom is -0.466 e. The molecule has 19 heavy (non-hydrogen) atoms. The van der Waals surface area contributed by atoms with Crippen LogP contribution in [-0.4, -0.2) is 38.9 Å². The Morgan fingerprint density at radius 1 is 1.53 bits per heavy atom. The van der Waals surface area contributed by atoms with E-state index in [9.17, 15) is 13.2 Å². The van der Waals surface area contributed by atoms with E-state index < -0.39 is 16.0 Å². The molecule has 0 fully saturated rings. The number of hydrogen-bond donors (Lipinski definition) is 0. The van der Waals surface area contributed by atoms with Crippen LogP contribution in [-0.2, 0) is 19.6 Å². The first-order valence-electron chi connectivity index (χ1n) is 5.67. The molecule has 0 radical (unpaired) electrons. The maximum atomic E-state index is 12.2. The summed E-state index contributed by atoms with van der Waals surface area (Å²) in [5.74, 6) is -0.395. The zero-order chi connectivity index (χ0) is 14.6. The highest BCUT2D eigenvalue weighted by molar-refractivity contribution is 9.11. The van der Waals surface area contributed by atoms with Gasteiger partial charge in [0.05, 0.1) is 16.8 Å². The maximum Gasteiger partial charge on any atom is 0.307 e. The van der Waals surface area contributed by atoms with Gasteiger partial charge in [0.2, 0.25) is 0 Å². The van der Waals surface area contributed by atoms with Crippen LogP contribution in [0.2, 0.25) is 0 Å². The lowest BCUT2D eigenvalue weighted by Crippen LogP contribution is -2.29. The number of thiophene rings is 1. The summed E-state index contributed by atoms with van der Waals surface area (Å²) >= 11 is 4.47. The lowest BCUT2D eigenvalue weighted by Gasteiger charge is -2.15. The van der Waals surface area contributed by atoms with Gasteiger partial charge in [-0.15, -0.1) is 11.3 Å². The Labute approximate surface area is 125 Å². The molecule has 0 amide bonds. The Hall–Kier alpha value is -0.440. The summed E-state index contributed by atoms with van der Waals surface area (Å²) in [6, 6.07) is 1.62. The van der Waals surface area contributed by atoms with Crippen molar-refractivity contribution in [2.75, 3.05) is 20.2 Å². The fraction of sp³-hybridized carbons (Fsp3) is 0.545. The molecule has 0 aromatic carbocycles. The van der Waals surface area contributed by atoms with Gasteiger partial charge < -0.3 is 4.74 Å². The van der Waals surface area contributed by atoms with Gasteiger partial charge in [0.15, 0.2) is 0 Å². The number of rotatable bonds is 6. The van der Waals surface area contributed by atoms with Gasteiger partial charge in [0, 0.05) is 13.6 Å². The number of carbonyl (C=O) groups excluding carboxylic acids is 1. The van der Waals surface area contributed by atoms with E-state index in [0.29, 0.717) is 6.61 Å². The van der Waals surface area contributed by atoms with Gasteiger partial charge in [-0.1, -0.05) is 0 Å². The summed E-state index contributed by atoms with van der Waals surface area (Å²) < 4.78 is 31.5. The molecule has 0 aliphatic heterocycles. The SMILES string of the molecule is CCOC(=O)CCN(C)S(=O)(=O)c1cc(C)c(Br)s1. The lowest BCUT2D eigenvalue weighted by molar-refractivity contribution is -0.143. The quantitative estimate of drug-likeness (QED) is 0.722. The zero-order valence-corrected chi connectivity index (χ0v) is 14.2. The average molecular weight is 370 g/mol. The van der Waals surface area contributed by atoms with E-state index in [1.807, 2.05) is 6.92 Å². The molecular weight excluding hydrogens is 354 g/mol. The van der Waals surface area contributed by atoms with Gasteiger partial charge in [-0.2, -0.15) is 4.31 Å². The number of carbonyl (C=O) groups is 1. The molecule has 0 aliphatic rings. The van der Waals surface area contributed by atoms with Crippen molar-refractivity contribution in [3.63, 3.8) is 0 Å². The molecular formula is C11H16BrNO4S2. The molecule has 0 saturated heterocycles. The first-order chi connectivity index (χ1) is 8.78. The van der Waals surface area contributed by atoms with Gasteiger partial charge in [0.1, 0.15) is 4.21 Å². The smallest absolute Gasteiger partial charge is 0.307 e. The Balaban J connectivity index is 2.74. The van der Waals surface area contributed by atoms with Crippen molar-refractivity contribution in [1.29, 1.82) is 0 Å². The van der Waals surface area contributed by atoms with Gasteiger partial charge in [0.25, 0.3) is 10.0 Å². The van der Waals surface area contributed by atoms with Gasteiger partial charge in [-0.3, -0.25) is 4.79 Å². The van der Waals surface area contributed by atoms with Crippen LogP contribution in [0.5, 0.6) is 0 Å². The lowest BCUT2D eigenvalue weighted by atomic mass is 10.4. The molecule has 0 N–H and O–H groups in total. The van der Waals surface area contributed by atoms with E-state index in [1.54, 1.807) is 13.0 Å². The van der Waals surface area contributed by atoms with Crippen molar-refractivity contribution in [1.82, 2.24) is 4.31 Å². The molecule has 108 valence electrons. The van der Waals surface area contributed by atoms with Crippen LogP contribution < -0.4 is 0 Å². The van der Waals surface area contributed by atoms with Crippen molar-refractivity contribution < 1.29 is 17.9 Å². The third-order valence-corrected chi connectivity index (χ3v) is 6.88. The van der Waals surface area contributed by atoms with Crippen LogP contribution in [0.4, 0.5) is 0 Å². The second-order valence-electron chi connectivity index (χ2n) is 3.90. The largest absolute Gasteiger partial charge is 0.466 e. The highest BCUT2D eigenvalue weighted by Crippen LogP contribution is 2.31. The number of esters is 1. The number of sulfonamides is 1. The number of hydrogen-bond acceptors (Lipinski definition) is 5. The molecule has 0 saturated carbocycles. The third kappa shape index (κ3) is 4.27. The first-order valence-corrected chi connectivity index (χ1v) is 8.72. The predicted molar refractivity (Wildman–Crippen MR) is 77.8 cm³/mol. The Bertz CT molecular complexity index is 534. The fourth-order valence-corrected chi connectivity index (χ4v) is 4.92. The highest BCUT2D eigenvalue weighted by atomic mass is 79.9. The monoisotopic (exact) mass is 369 g/mol. The number of halogens is 1. The van der Waals surface area contributed by atoms with Crippen molar-refractivity contribution in [2.45, 2.75) is 24.5 Å². The van der Waals surface area contributed by atoms with Crippen molar-refractivity contribution in [3.05, 3.63) is 15.4 Å². The zero-order valence-electron chi connectivity index (χ0n) is 11.0. The second kappa shape index (κ2) is 6.83. The van der Waals surface area contributed by atoms with Crippen LogP contribution in [0.1, 0.15) is 18.9 Å². The number of aryl methyl sites for hydroxylation is 1. The van der Waals surface area contributed by atoms with Crippen LogP contribution in [0.25, 0.3) is 0 Å². The van der Waals surface area contributed by atoms with Gasteiger partial charge in [-0.25, -0.2) is 8.42 Å². The van der Waals surface area contributed by atoms with E-state index in [4.69, 9.17) is 4.74 Å². The Morgan fingerprint density at radius 2 is 2.16 bits per heavy atom. The van der Waals surface area contributed by atoms with Crippen molar-refractivity contribution in [3.8, 4) is 0 Å². The molecule has 1 aromatic heterocycles. The molecule has 0 atom stereocenters. The van der Waals surface area contributed by atoms with Crippen LogP contribution in [0.15, 0.2) is 14.1 Å². The minimum absolute atomic E-state index is 0.0507. The molecule has 1 aromatic rings. The Kier molecular flexibility index (Phi) is 5.97. The Morgan fingerprint density at radius 3 is 2.63 bits per heavy atom. The van der Waals surface area contributed by atoms with E-state index in [-0.39, 0.29) is 17.2 Å². The summed E-state index contributed by atoms with van der Waals surface area (Å²) in [6.45, 7) is 3.95. The van der Waals surface area contributed by atoms with E-state index in [2.05, 4.69) is 15.9 Å². The average Bonchev–Trinajstić information content (AvgIpc) is 2.67. The third-order valence-electron chi connectivity index (χ3n) is 2.44. The van der Waals surface area contributed by atoms with Gasteiger partial charge in [-0.05, 0) is 41.4 Å². The molecule has 1 heterocycles. The molecule has 8 heteroatoms. The van der Waals surface area contributed by atoms with Crippen molar-refractivity contribution in [2.24, 2.45) is 0 Å². The standard InChI is InChI=1S/C11H16BrNO4S2/c1-4-17-9(14)5-6-13(3)19(15,16)10-7-8(2)11(12)18-10/h7H,4-6H2,1-3H3. The summed E-state index contributed by atoms with van der Waals surface area (Å²) in [5, 5.41) is 0. The molecule has 0 unspecified atom stereocenters. The van der Waals surface area contributed by atoms with Crippen LogP contribution in [0.3, 0.4) is 0 Å². The molecule has 0 aliphatic carbocycles. The van der Waals surface area contributed by atoms with Crippen molar-refractivity contribution >= 4 is 43.3 Å². The summed E-state index contributed by atoms with van der Waals surface area (Å²) in [7, 11) is -2.08. The molecule has 5 nitrogen and oxygen atoms in total. The van der Waals surface area contributed by atoms with E-state index in [1.165, 1.54) is 22.7 Å². The fourth-order valence-electron chi connectivity index (χ4n) is 1.31. The molecule has 0 spiro atoms. The molecule has 1 rings (SSSR count). The van der Waals surface area contributed by atoms with Gasteiger partial charge >= 0.3 is 5.97 Å². The minimum atomic E-state index is -3.54. The predicted octanol–water partition coefficient (Wildman–Crippen LogP) is 2.39. The maximum absolute atomic E-state index is 12.2. The summed E-state index contributed by atoms with van der Waals surface area (Å²) in [4.78, 5) is 11.2. The summed E-state index contributed by atoms with van der Waals surface area (Å²) in [5.41, 5.74) is 0.877. The normalized spacial score (nSPS) is 11.8. The van der Waals surface area contributed by atoms with Crippen LogP contribution >= 0.6 is 27.3 Å². The highest BCUT2D eigenvalue weighted by Gasteiger charge is 2.24. The first kappa shape index (κ1) is 16.6. The molecule has 0 bridgehead atoms.